The van der Waals surface area contributed by atoms with Gasteiger partial charge in [0.25, 0.3) is 11.8 Å². The van der Waals surface area contributed by atoms with Gasteiger partial charge in [-0.1, -0.05) is 23.7 Å². The van der Waals surface area contributed by atoms with Crippen LogP contribution in [-0.2, 0) is 0 Å². The molecule has 0 radical (unpaired) electrons. The maximum Gasteiger partial charge on any atom is 0.259 e. The summed E-state index contributed by atoms with van der Waals surface area (Å²) in [7, 11) is 0. The third-order valence-corrected chi connectivity index (χ3v) is 5.19. The molecule has 4 rings (SSSR count). The van der Waals surface area contributed by atoms with Crippen molar-refractivity contribution in [1.29, 1.82) is 0 Å². The quantitative estimate of drug-likeness (QED) is 0.463. The lowest BCUT2D eigenvalue weighted by Crippen LogP contribution is -2.15. The summed E-state index contributed by atoms with van der Waals surface area (Å²) >= 11 is 8.10. The van der Waals surface area contributed by atoms with E-state index in [1.807, 2.05) is 12.1 Å². The van der Waals surface area contributed by atoms with E-state index in [1.165, 1.54) is 0 Å². The van der Waals surface area contributed by atoms with Crippen LogP contribution in [0.25, 0.3) is 0 Å². The van der Waals surface area contributed by atoms with Gasteiger partial charge < -0.3 is 15.4 Å². The molecule has 0 saturated heterocycles. The Hall–Kier alpha value is -2.58. The first-order chi connectivity index (χ1) is 13.0. The van der Waals surface area contributed by atoms with Gasteiger partial charge in [0.05, 0.1) is 16.8 Å². The zero-order valence-corrected chi connectivity index (χ0v) is 16.7. The molecule has 1 aliphatic heterocycles. The number of rotatable bonds is 2. The van der Waals surface area contributed by atoms with E-state index in [0.717, 1.165) is 3.57 Å². The molecule has 7 heteroatoms. The van der Waals surface area contributed by atoms with Gasteiger partial charge in [-0.2, -0.15) is 0 Å². The van der Waals surface area contributed by atoms with Crippen LogP contribution < -0.4 is 15.4 Å². The van der Waals surface area contributed by atoms with Crippen molar-refractivity contribution in [3.8, 4) is 11.5 Å². The van der Waals surface area contributed by atoms with E-state index in [1.54, 1.807) is 48.5 Å². The first-order valence-electron chi connectivity index (χ1n) is 8.00. The minimum Gasteiger partial charge on any atom is -0.454 e. The number of benzene rings is 3. The van der Waals surface area contributed by atoms with Crippen LogP contribution in [0.5, 0.6) is 11.5 Å². The molecule has 2 N–H and O–H groups in total. The summed E-state index contributed by atoms with van der Waals surface area (Å²) in [6.07, 6.45) is 0. The van der Waals surface area contributed by atoms with Crippen molar-refractivity contribution in [3.63, 3.8) is 0 Å². The van der Waals surface area contributed by atoms with Crippen molar-refractivity contribution in [3.05, 3.63) is 80.4 Å². The minimum atomic E-state index is -0.337. The zero-order valence-electron chi connectivity index (χ0n) is 13.8. The van der Waals surface area contributed by atoms with Crippen molar-refractivity contribution in [2.45, 2.75) is 0 Å². The fraction of sp³-hybridized carbons (Fsp3) is 0. The van der Waals surface area contributed by atoms with Gasteiger partial charge in [-0.15, -0.1) is 0 Å². The molecule has 1 aliphatic rings. The molecule has 0 saturated carbocycles. The molecule has 0 aliphatic carbocycles. The maximum atomic E-state index is 12.6. The Balaban J connectivity index is 1.64. The molecule has 5 nitrogen and oxygen atoms in total. The number of ether oxygens (including phenoxy) is 1. The number of hydrogen-bond donors (Lipinski definition) is 2. The van der Waals surface area contributed by atoms with Crippen LogP contribution in [0.2, 0.25) is 5.02 Å². The van der Waals surface area contributed by atoms with Crippen LogP contribution in [0.15, 0.2) is 60.7 Å². The number of hydrogen-bond acceptors (Lipinski definition) is 3. The van der Waals surface area contributed by atoms with Crippen molar-refractivity contribution >= 4 is 57.4 Å². The fourth-order valence-electron chi connectivity index (χ4n) is 2.71. The van der Waals surface area contributed by atoms with E-state index in [0.29, 0.717) is 39.0 Å². The van der Waals surface area contributed by atoms with Gasteiger partial charge in [0.2, 0.25) is 0 Å². The predicted molar refractivity (Wildman–Crippen MR) is 113 cm³/mol. The van der Waals surface area contributed by atoms with Crippen molar-refractivity contribution in [1.82, 2.24) is 0 Å². The molecule has 0 fully saturated rings. The molecule has 0 bridgehead atoms. The highest BCUT2D eigenvalue weighted by Gasteiger charge is 2.22. The summed E-state index contributed by atoms with van der Waals surface area (Å²) in [5.74, 6) is 0.323. The van der Waals surface area contributed by atoms with E-state index in [4.69, 9.17) is 16.3 Å². The number of carbonyl (C=O) groups excluding carboxylic acids is 2. The van der Waals surface area contributed by atoms with Crippen molar-refractivity contribution in [2.75, 3.05) is 10.6 Å². The summed E-state index contributed by atoms with van der Waals surface area (Å²) in [5, 5.41) is 6.09. The van der Waals surface area contributed by atoms with Crippen molar-refractivity contribution in [2.24, 2.45) is 0 Å². The topological polar surface area (TPSA) is 67.4 Å². The highest BCUT2D eigenvalue weighted by Crippen LogP contribution is 2.38. The van der Waals surface area contributed by atoms with E-state index >= 15 is 0 Å². The van der Waals surface area contributed by atoms with Crippen LogP contribution in [0.4, 0.5) is 11.4 Å². The van der Waals surface area contributed by atoms with Gasteiger partial charge in [-0.25, -0.2) is 0 Å². The Kier molecular flexibility index (Phi) is 4.75. The summed E-state index contributed by atoms with van der Waals surface area (Å²) in [6, 6.07) is 17.2. The molecule has 1 heterocycles. The average molecular weight is 491 g/mol. The third kappa shape index (κ3) is 3.63. The van der Waals surface area contributed by atoms with Crippen LogP contribution in [0.1, 0.15) is 20.7 Å². The van der Waals surface area contributed by atoms with Crippen LogP contribution in [0.3, 0.4) is 0 Å². The smallest absolute Gasteiger partial charge is 0.259 e. The number of carbonyl (C=O) groups is 2. The first-order valence-corrected chi connectivity index (χ1v) is 9.45. The molecular formula is C20H12ClIN2O3. The molecule has 27 heavy (non-hydrogen) atoms. The van der Waals surface area contributed by atoms with E-state index in [-0.39, 0.29) is 11.8 Å². The molecule has 3 aromatic carbocycles. The van der Waals surface area contributed by atoms with Crippen LogP contribution in [0, 0.1) is 3.57 Å². The zero-order chi connectivity index (χ0) is 19.0. The second-order valence-corrected chi connectivity index (χ2v) is 7.44. The molecule has 0 unspecified atom stereocenters. The number of fused-ring (bicyclic) bond motifs is 2. The summed E-state index contributed by atoms with van der Waals surface area (Å²) in [5.41, 5.74) is 1.88. The SMILES string of the molecule is O=C(Nc1ccc2c(c1)C(=O)Nc1cc(Cl)ccc1O2)c1ccccc1I. The van der Waals surface area contributed by atoms with E-state index in [9.17, 15) is 9.59 Å². The second-order valence-electron chi connectivity index (χ2n) is 5.84. The molecule has 3 aromatic rings. The number of halogens is 2. The molecular weight excluding hydrogens is 479 g/mol. The monoisotopic (exact) mass is 490 g/mol. The molecule has 2 amide bonds. The Bertz CT molecular complexity index is 1080. The Morgan fingerprint density at radius 2 is 1.81 bits per heavy atom. The van der Waals surface area contributed by atoms with Gasteiger partial charge in [0.1, 0.15) is 5.75 Å². The van der Waals surface area contributed by atoms with Crippen LogP contribution in [-0.4, -0.2) is 11.8 Å². The van der Waals surface area contributed by atoms with E-state index in [2.05, 4.69) is 33.2 Å². The Morgan fingerprint density at radius 3 is 2.63 bits per heavy atom. The van der Waals surface area contributed by atoms with Gasteiger partial charge in [0.15, 0.2) is 5.75 Å². The van der Waals surface area contributed by atoms with Gasteiger partial charge in [-0.05, 0) is 71.1 Å². The predicted octanol–water partition coefficient (Wildman–Crippen LogP) is 5.55. The van der Waals surface area contributed by atoms with Crippen molar-refractivity contribution < 1.29 is 14.3 Å². The van der Waals surface area contributed by atoms with E-state index < -0.39 is 0 Å². The lowest BCUT2D eigenvalue weighted by molar-refractivity contribution is 0.101. The fourth-order valence-corrected chi connectivity index (χ4v) is 3.52. The first kappa shape index (κ1) is 17.8. The highest BCUT2D eigenvalue weighted by molar-refractivity contribution is 14.1. The number of anilines is 2. The molecule has 0 aromatic heterocycles. The Labute approximate surface area is 173 Å². The van der Waals surface area contributed by atoms with Gasteiger partial charge >= 0.3 is 0 Å². The molecule has 134 valence electrons. The average Bonchev–Trinajstić information content (AvgIpc) is 2.78. The van der Waals surface area contributed by atoms with Gasteiger partial charge in [-0.3, -0.25) is 9.59 Å². The Morgan fingerprint density at radius 1 is 1.04 bits per heavy atom. The highest BCUT2D eigenvalue weighted by atomic mass is 127. The summed E-state index contributed by atoms with van der Waals surface area (Å²) in [4.78, 5) is 25.1. The number of nitrogens with one attached hydrogen (secondary N) is 2. The van der Waals surface area contributed by atoms with Gasteiger partial charge in [0, 0.05) is 14.3 Å². The lowest BCUT2D eigenvalue weighted by atomic mass is 10.1. The standard InChI is InChI=1S/C20H12ClIN2O3/c21-11-5-7-18-16(9-11)24-20(26)14-10-12(6-8-17(14)27-18)23-19(25)13-3-1-2-4-15(13)22/h1-10H,(H,23,25)(H,24,26). The third-order valence-electron chi connectivity index (χ3n) is 4.01. The largest absolute Gasteiger partial charge is 0.454 e. The second kappa shape index (κ2) is 7.21. The van der Waals surface area contributed by atoms with Crippen LogP contribution >= 0.6 is 34.2 Å². The maximum absolute atomic E-state index is 12.6. The summed E-state index contributed by atoms with van der Waals surface area (Å²) in [6.45, 7) is 0. The summed E-state index contributed by atoms with van der Waals surface area (Å²) < 4.78 is 6.68. The normalized spacial score (nSPS) is 12.1. The molecule has 0 atom stereocenters. The lowest BCUT2D eigenvalue weighted by Gasteiger charge is -2.10. The molecule has 0 spiro atoms. The minimum absolute atomic E-state index is 0.245. The number of amides is 2.